The highest BCUT2D eigenvalue weighted by Gasteiger charge is 2.12. The van der Waals surface area contributed by atoms with Crippen LogP contribution in [0.25, 0.3) is 0 Å². The van der Waals surface area contributed by atoms with Gasteiger partial charge in [0.05, 0.1) is 0 Å². The third-order valence-corrected chi connectivity index (χ3v) is 3.70. The molecule has 0 saturated heterocycles. The highest BCUT2D eigenvalue weighted by Crippen LogP contribution is 2.08. The Bertz CT molecular complexity index is 575. The zero-order chi connectivity index (χ0) is 14.4. The predicted molar refractivity (Wildman–Crippen MR) is 76.7 cm³/mol. The molecule has 0 atom stereocenters. The molecule has 5 nitrogen and oxygen atoms in total. The van der Waals surface area contributed by atoms with Crippen LogP contribution in [-0.4, -0.2) is 29.6 Å². The van der Waals surface area contributed by atoms with Crippen molar-refractivity contribution in [3.8, 4) is 0 Å². The largest absolute Gasteiger partial charge is 0.451 e. The van der Waals surface area contributed by atoms with Crippen LogP contribution >= 0.6 is 11.3 Å². The minimum Gasteiger partial charge on any atom is -0.451 e. The molecule has 0 unspecified atom stereocenters. The summed E-state index contributed by atoms with van der Waals surface area (Å²) in [4.78, 5) is 24.4. The smallest absolute Gasteiger partial charge is 0.355 e. The molecule has 20 heavy (non-hydrogen) atoms. The molecule has 0 aliphatic heterocycles. The normalized spacial score (nSPS) is 10.2. The number of hydrogen-bond acceptors (Lipinski definition) is 4. The van der Waals surface area contributed by atoms with Crippen molar-refractivity contribution >= 4 is 23.2 Å². The zero-order valence-corrected chi connectivity index (χ0v) is 12.0. The monoisotopic (exact) mass is 292 g/mol. The molecule has 0 aliphatic rings. The van der Waals surface area contributed by atoms with Crippen LogP contribution in [0.2, 0.25) is 0 Å². The molecule has 1 amide bonds. The average molecular weight is 292 g/mol. The van der Waals surface area contributed by atoms with E-state index < -0.39 is 5.97 Å². The summed E-state index contributed by atoms with van der Waals surface area (Å²) in [7, 11) is 1.75. The Morgan fingerprint density at radius 2 is 2.20 bits per heavy atom. The molecule has 2 aromatic heterocycles. The second-order valence-electron chi connectivity index (χ2n) is 4.26. The zero-order valence-electron chi connectivity index (χ0n) is 11.2. The molecule has 0 aromatic carbocycles. The number of carbonyl (C=O) groups excluding carboxylic acids is 2. The van der Waals surface area contributed by atoms with Gasteiger partial charge in [0.25, 0.3) is 5.91 Å². The predicted octanol–water partition coefficient (Wildman–Crippen LogP) is 1.60. The first-order valence-electron chi connectivity index (χ1n) is 6.24. The van der Waals surface area contributed by atoms with Crippen LogP contribution < -0.4 is 5.32 Å². The highest BCUT2D eigenvalue weighted by atomic mass is 32.1. The van der Waals surface area contributed by atoms with Crippen molar-refractivity contribution in [1.29, 1.82) is 0 Å². The number of thiophene rings is 1. The summed E-state index contributed by atoms with van der Waals surface area (Å²) in [6.07, 6.45) is 2.53. The Morgan fingerprint density at radius 3 is 2.85 bits per heavy atom. The molecular weight excluding hydrogens is 276 g/mol. The number of esters is 1. The van der Waals surface area contributed by atoms with Crippen molar-refractivity contribution in [3.05, 3.63) is 46.4 Å². The number of hydrogen-bond donors (Lipinski definition) is 1. The van der Waals surface area contributed by atoms with Crippen LogP contribution in [0.5, 0.6) is 0 Å². The fourth-order valence-corrected chi connectivity index (χ4v) is 2.42. The molecule has 6 heteroatoms. The van der Waals surface area contributed by atoms with Crippen LogP contribution in [0.3, 0.4) is 0 Å². The summed E-state index contributed by atoms with van der Waals surface area (Å²) in [5.74, 6) is -0.782. The van der Waals surface area contributed by atoms with Crippen molar-refractivity contribution in [3.63, 3.8) is 0 Å². The molecule has 1 N–H and O–H groups in total. The molecule has 0 aliphatic carbocycles. The number of carbonyl (C=O) groups is 2. The number of amides is 1. The fourth-order valence-electron chi connectivity index (χ4n) is 1.71. The van der Waals surface area contributed by atoms with Crippen LogP contribution in [0.4, 0.5) is 0 Å². The Morgan fingerprint density at radius 1 is 1.35 bits per heavy atom. The first-order chi connectivity index (χ1) is 9.66. The second kappa shape index (κ2) is 6.91. The SMILES string of the molecule is Cn1cccc1C(=O)OCC(=O)NCCc1cccs1. The molecule has 2 heterocycles. The van der Waals surface area contributed by atoms with Crippen LogP contribution in [0.1, 0.15) is 15.4 Å². The molecule has 0 bridgehead atoms. The van der Waals surface area contributed by atoms with Crippen molar-refractivity contribution < 1.29 is 14.3 Å². The van der Waals surface area contributed by atoms with E-state index in [0.717, 1.165) is 6.42 Å². The number of nitrogens with zero attached hydrogens (tertiary/aromatic N) is 1. The summed E-state index contributed by atoms with van der Waals surface area (Å²) >= 11 is 1.65. The van der Waals surface area contributed by atoms with Gasteiger partial charge in [-0.1, -0.05) is 6.07 Å². The molecule has 0 spiro atoms. The molecular formula is C14H16N2O3S. The van der Waals surface area contributed by atoms with E-state index in [1.807, 2.05) is 17.5 Å². The quantitative estimate of drug-likeness (QED) is 0.823. The molecule has 2 aromatic rings. The lowest BCUT2D eigenvalue weighted by molar-refractivity contribution is -0.124. The van der Waals surface area contributed by atoms with E-state index >= 15 is 0 Å². The molecule has 2 rings (SSSR count). The number of nitrogens with one attached hydrogen (secondary N) is 1. The lowest BCUT2D eigenvalue weighted by atomic mass is 10.3. The minimum atomic E-state index is -0.495. The third-order valence-electron chi connectivity index (χ3n) is 2.76. The lowest BCUT2D eigenvalue weighted by Crippen LogP contribution is -2.30. The summed E-state index contributed by atoms with van der Waals surface area (Å²) in [6, 6.07) is 7.39. The van der Waals surface area contributed by atoms with E-state index in [0.29, 0.717) is 12.2 Å². The maximum absolute atomic E-state index is 11.7. The van der Waals surface area contributed by atoms with Crippen molar-refractivity contribution in [2.24, 2.45) is 7.05 Å². The fraction of sp³-hybridized carbons (Fsp3) is 0.286. The third kappa shape index (κ3) is 3.96. The van der Waals surface area contributed by atoms with E-state index in [4.69, 9.17) is 4.74 Å². The summed E-state index contributed by atoms with van der Waals surface area (Å²) < 4.78 is 6.60. The summed E-state index contributed by atoms with van der Waals surface area (Å²) in [5.41, 5.74) is 0.427. The van der Waals surface area contributed by atoms with E-state index in [-0.39, 0.29) is 12.5 Å². The highest BCUT2D eigenvalue weighted by molar-refractivity contribution is 7.09. The molecule has 0 saturated carbocycles. The van der Waals surface area contributed by atoms with E-state index in [9.17, 15) is 9.59 Å². The second-order valence-corrected chi connectivity index (χ2v) is 5.29. The minimum absolute atomic E-state index is 0.256. The number of aromatic nitrogens is 1. The van der Waals surface area contributed by atoms with E-state index in [1.54, 1.807) is 41.3 Å². The van der Waals surface area contributed by atoms with Gasteiger partial charge in [0.15, 0.2) is 6.61 Å². The van der Waals surface area contributed by atoms with Crippen molar-refractivity contribution in [2.45, 2.75) is 6.42 Å². The number of ether oxygens (including phenoxy) is 1. The summed E-state index contributed by atoms with van der Waals surface area (Å²) in [6.45, 7) is 0.287. The molecule has 0 radical (unpaired) electrons. The van der Waals surface area contributed by atoms with Gasteiger partial charge in [-0.05, 0) is 30.0 Å². The first kappa shape index (κ1) is 14.3. The van der Waals surface area contributed by atoms with Gasteiger partial charge >= 0.3 is 5.97 Å². The average Bonchev–Trinajstić information content (AvgIpc) is 3.07. The maximum Gasteiger partial charge on any atom is 0.355 e. The Balaban J connectivity index is 1.67. The Labute approximate surface area is 121 Å². The van der Waals surface area contributed by atoms with Gasteiger partial charge in [-0.2, -0.15) is 0 Å². The van der Waals surface area contributed by atoms with Crippen LogP contribution in [0, 0.1) is 0 Å². The lowest BCUT2D eigenvalue weighted by Gasteiger charge is -2.06. The van der Waals surface area contributed by atoms with Crippen molar-refractivity contribution in [1.82, 2.24) is 9.88 Å². The number of rotatable bonds is 6. The van der Waals surface area contributed by atoms with Crippen LogP contribution in [0.15, 0.2) is 35.8 Å². The van der Waals surface area contributed by atoms with Gasteiger partial charge in [0, 0.05) is 24.7 Å². The van der Waals surface area contributed by atoms with Gasteiger partial charge < -0.3 is 14.6 Å². The van der Waals surface area contributed by atoms with Gasteiger partial charge in [-0.3, -0.25) is 4.79 Å². The van der Waals surface area contributed by atoms with E-state index in [1.165, 1.54) is 4.88 Å². The molecule has 106 valence electrons. The molecule has 0 fully saturated rings. The van der Waals surface area contributed by atoms with Gasteiger partial charge in [0.1, 0.15) is 5.69 Å². The van der Waals surface area contributed by atoms with Gasteiger partial charge in [0.2, 0.25) is 0 Å². The topological polar surface area (TPSA) is 60.3 Å². The maximum atomic E-state index is 11.7. The van der Waals surface area contributed by atoms with Gasteiger partial charge in [-0.15, -0.1) is 11.3 Å². The van der Waals surface area contributed by atoms with E-state index in [2.05, 4.69) is 5.32 Å². The first-order valence-corrected chi connectivity index (χ1v) is 7.12. The van der Waals surface area contributed by atoms with Crippen LogP contribution in [-0.2, 0) is 23.0 Å². The standard InChI is InChI=1S/C14H16N2O3S/c1-16-8-2-5-12(16)14(18)19-10-13(17)15-7-6-11-4-3-9-20-11/h2-5,8-9H,6-7,10H2,1H3,(H,15,17). The number of aryl methyl sites for hydroxylation is 1. The summed E-state index contributed by atoms with van der Waals surface area (Å²) in [5, 5.41) is 4.72. The Hall–Kier alpha value is -2.08. The van der Waals surface area contributed by atoms with Gasteiger partial charge in [-0.25, -0.2) is 4.79 Å². The van der Waals surface area contributed by atoms with Crippen molar-refractivity contribution in [2.75, 3.05) is 13.2 Å². The Kier molecular flexibility index (Phi) is 4.95.